The molecule has 35 heavy (non-hydrogen) atoms. The van der Waals surface area contributed by atoms with Crippen molar-refractivity contribution in [2.45, 2.75) is 32.6 Å². The van der Waals surface area contributed by atoms with Crippen molar-refractivity contribution in [3.05, 3.63) is 71.1 Å². The third-order valence-corrected chi connectivity index (χ3v) is 6.31. The number of carbonyl (C=O) groups excluding carboxylic acids is 1. The summed E-state index contributed by atoms with van der Waals surface area (Å²) in [6.07, 6.45) is -4.44. The SMILES string of the molecule is Cc1ccccc1CNC(=O)CN1CCN(C(C)c2nc(-c3cccc(C(F)(F)F)c3)no2)CC1. The molecule has 7 nitrogen and oxygen atoms in total. The van der Waals surface area contributed by atoms with Crippen LogP contribution in [-0.2, 0) is 17.5 Å². The quantitative estimate of drug-likeness (QED) is 0.542. The van der Waals surface area contributed by atoms with Crippen molar-refractivity contribution in [1.29, 1.82) is 0 Å². The Balaban J connectivity index is 1.28. The van der Waals surface area contributed by atoms with Crippen LogP contribution >= 0.6 is 0 Å². The fourth-order valence-corrected chi connectivity index (χ4v) is 4.08. The van der Waals surface area contributed by atoms with Crippen molar-refractivity contribution >= 4 is 5.91 Å². The number of nitrogens with zero attached hydrogens (tertiary/aromatic N) is 4. The number of amides is 1. The van der Waals surface area contributed by atoms with Crippen LogP contribution in [-0.4, -0.2) is 58.6 Å². The van der Waals surface area contributed by atoms with Gasteiger partial charge in [0.25, 0.3) is 0 Å². The fraction of sp³-hybridized carbons (Fsp3) is 0.400. The number of hydrogen-bond acceptors (Lipinski definition) is 6. The van der Waals surface area contributed by atoms with E-state index in [1.165, 1.54) is 12.1 Å². The molecule has 1 fully saturated rings. The molecule has 2 heterocycles. The van der Waals surface area contributed by atoms with Crippen molar-refractivity contribution in [3.8, 4) is 11.4 Å². The Hall–Kier alpha value is -3.24. The number of benzene rings is 2. The molecule has 10 heteroatoms. The minimum atomic E-state index is -4.44. The molecule has 0 bridgehead atoms. The van der Waals surface area contributed by atoms with Crippen LogP contribution in [0.5, 0.6) is 0 Å². The highest BCUT2D eigenvalue weighted by molar-refractivity contribution is 5.78. The van der Waals surface area contributed by atoms with Gasteiger partial charge in [-0.15, -0.1) is 0 Å². The van der Waals surface area contributed by atoms with E-state index >= 15 is 0 Å². The number of rotatable bonds is 7. The highest BCUT2D eigenvalue weighted by atomic mass is 19.4. The van der Waals surface area contributed by atoms with Gasteiger partial charge in [0, 0.05) is 38.3 Å². The van der Waals surface area contributed by atoms with E-state index in [1.54, 1.807) is 0 Å². The minimum absolute atomic E-state index is 0.0163. The molecule has 0 saturated carbocycles. The summed E-state index contributed by atoms with van der Waals surface area (Å²) in [6.45, 7) is 7.60. The Morgan fingerprint density at radius 3 is 2.57 bits per heavy atom. The molecule has 0 aliphatic carbocycles. The standard InChI is InChI=1S/C25H28F3N5O2/c1-17-6-3-4-7-20(17)15-29-22(34)16-32-10-12-33(13-11-32)18(2)24-30-23(31-35-24)19-8-5-9-21(14-19)25(26,27)28/h3-9,14,18H,10-13,15-16H2,1-2H3,(H,29,34). The van der Waals surface area contributed by atoms with E-state index < -0.39 is 11.7 Å². The second-order valence-electron chi connectivity index (χ2n) is 8.73. The summed E-state index contributed by atoms with van der Waals surface area (Å²) in [5.74, 6) is 0.459. The number of aromatic nitrogens is 2. The molecular weight excluding hydrogens is 459 g/mol. The summed E-state index contributed by atoms with van der Waals surface area (Å²) in [5.41, 5.74) is 1.74. The van der Waals surface area contributed by atoms with E-state index in [1.807, 2.05) is 38.1 Å². The third kappa shape index (κ3) is 6.26. The van der Waals surface area contributed by atoms with Gasteiger partial charge < -0.3 is 9.84 Å². The first-order chi connectivity index (χ1) is 16.7. The molecule has 186 valence electrons. The largest absolute Gasteiger partial charge is 0.416 e. The Kier molecular flexibility index (Phi) is 7.51. The van der Waals surface area contributed by atoms with Crippen molar-refractivity contribution in [1.82, 2.24) is 25.3 Å². The molecule has 1 atom stereocenters. The molecule has 0 radical (unpaired) electrons. The van der Waals surface area contributed by atoms with Crippen LogP contribution in [0, 0.1) is 6.92 Å². The molecule has 3 aromatic rings. The second-order valence-corrected chi connectivity index (χ2v) is 8.73. The maximum Gasteiger partial charge on any atom is 0.416 e. The third-order valence-electron chi connectivity index (χ3n) is 6.31. The Bertz CT molecular complexity index is 1160. The summed E-state index contributed by atoms with van der Waals surface area (Å²) in [5, 5.41) is 6.87. The predicted molar refractivity (Wildman–Crippen MR) is 124 cm³/mol. The molecule has 1 amide bonds. The molecule has 0 spiro atoms. The fourth-order valence-electron chi connectivity index (χ4n) is 4.08. The zero-order valence-electron chi connectivity index (χ0n) is 19.7. The van der Waals surface area contributed by atoms with Crippen LogP contribution in [0.2, 0.25) is 0 Å². The lowest BCUT2D eigenvalue weighted by Crippen LogP contribution is -2.49. The van der Waals surface area contributed by atoms with Gasteiger partial charge >= 0.3 is 6.18 Å². The van der Waals surface area contributed by atoms with Crippen molar-refractivity contribution in [2.24, 2.45) is 0 Å². The molecule has 1 unspecified atom stereocenters. The summed E-state index contributed by atoms with van der Waals surface area (Å²) in [4.78, 5) is 21.0. The van der Waals surface area contributed by atoms with Gasteiger partial charge in [-0.05, 0) is 37.1 Å². The molecule has 2 aromatic carbocycles. The zero-order chi connectivity index (χ0) is 25.0. The van der Waals surface area contributed by atoms with Gasteiger partial charge in [-0.2, -0.15) is 18.2 Å². The van der Waals surface area contributed by atoms with Crippen LogP contribution in [0.25, 0.3) is 11.4 Å². The van der Waals surface area contributed by atoms with Gasteiger partial charge in [-0.1, -0.05) is 41.6 Å². The van der Waals surface area contributed by atoms with Crippen LogP contribution in [0.15, 0.2) is 53.1 Å². The van der Waals surface area contributed by atoms with Crippen LogP contribution in [0.3, 0.4) is 0 Å². The number of aryl methyl sites for hydroxylation is 1. The number of halogens is 3. The second kappa shape index (κ2) is 10.6. The normalized spacial score (nSPS) is 16.3. The lowest BCUT2D eigenvalue weighted by atomic mass is 10.1. The van der Waals surface area contributed by atoms with E-state index in [4.69, 9.17) is 4.52 Å². The van der Waals surface area contributed by atoms with Gasteiger partial charge in [-0.3, -0.25) is 14.6 Å². The van der Waals surface area contributed by atoms with Crippen LogP contribution in [0.1, 0.15) is 35.5 Å². The highest BCUT2D eigenvalue weighted by Gasteiger charge is 2.31. The molecule has 1 aromatic heterocycles. The highest BCUT2D eigenvalue weighted by Crippen LogP contribution is 2.32. The summed E-state index contributed by atoms with van der Waals surface area (Å²) < 4.78 is 44.4. The van der Waals surface area contributed by atoms with Gasteiger partial charge in [0.15, 0.2) is 0 Å². The first-order valence-electron chi connectivity index (χ1n) is 11.5. The average molecular weight is 488 g/mol. The predicted octanol–water partition coefficient (Wildman–Crippen LogP) is 4.06. The number of nitrogens with one attached hydrogen (secondary N) is 1. The van der Waals surface area contributed by atoms with Gasteiger partial charge in [0.2, 0.25) is 17.6 Å². The maximum atomic E-state index is 13.0. The number of carbonyl (C=O) groups is 1. The Morgan fingerprint density at radius 1 is 1.11 bits per heavy atom. The van der Waals surface area contributed by atoms with Crippen molar-refractivity contribution in [2.75, 3.05) is 32.7 Å². The van der Waals surface area contributed by atoms with Crippen LogP contribution in [0.4, 0.5) is 13.2 Å². The number of alkyl halides is 3. The molecule has 1 N–H and O–H groups in total. The summed E-state index contributed by atoms with van der Waals surface area (Å²) in [7, 11) is 0. The van der Waals surface area contributed by atoms with Gasteiger partial charge in [0.05, 0.1) is 18.2 Å². The average Bonchev–Trinajstić information content (AvgIpc) is 3.34. The Morgan fingerprint density at radius 2 is 1.86 bits per heavy atom. The Labute approximate surface area is 201 Å². The zero-order valence-corrected chi connectivity index (χ0v) is 19.7. The van der Waals surface area contributed by atoms with Gasteiger partial charge in [-0.25, -0.2) is 0 Å². The molecule has 1 aliphatic heterocycles. The maximum absolute atomic E-state index is 13.0. The smallest absolute Gasteiger partial charge is 0.351 e. The minimum Gasteiger partial charge on any atom is -0.351 e. The van der Waals surface area contributed by atoms with E-state index in [-0.39, 0.29) is 23.3 Å². The molecular formula is C25H28F3N5O2. The van der Waals surface area contributed by atoms with Crippen LogP contribution < -0.4 is 5.32 Å². The van der Waals surface area contributed by atoms with E-state index in [9.17, 15) is 18.0 Å². The first kappa shape index (κ1) is 24.9. The summed E-state index contributed by atoms with van der Waals surface area (Å²) in [6, 6.07) is 12.6. The topological polar surface area (TPSA) is 74.5 Å². The van der Waals surface area contributed by atoms with E-state index in [0.717, 1.165) is 23.3 Å². The number of hydrogen-bond donors (Lipinski definition) is 1. The molecule has 1 saturated heterocycles. The summed E-state index contributed by atoms with van der Waals surface area (Å²) >= 11 is 0. The molecule has 4 rings (SSSR count). The lowest BCUT2D eigenvalue weighted by Gasteiger charge is -2.36. The van der Waals surface area contributed by atoms with Gasteiger partial charge in [0.1, 0.15) is 0 Å². The van der Waals surface area contributed by atoms with Crippen molar-refractivity contribution < 1.29 is 22.5 Å². The molecule has 1 aliphatic rings. The van der Waals surface area contributed by atoms with E-state index in [2.05, 4.69) is 25.3 Å². The lowest BCUT2D eigenvalue weighted by molar-refractivity contribution is -0.137. The first-order valence-corrected chi connectivity index (χ1v) is 11.5. The monoisotopic (exact) mass is 487 g/mol. The number of piperazine rings is 1. The van der Waals surface area contributed by atoms with Crippen molar-refractivity contribution in [3.63, 3.8) is 0 Å². The van der Waals surface area contributed by atoms with E-state index in [0.29, 0.717) is 45.2 Å².